The van der Waals surface area contributed by atoms with Crippen molar-refractivity contribution in [2.75, 3.05) is 24.2 Å². The van der Waals surface area contributed by atoms with Gasteiger partial charge < -0.3 is 14.7 Å². The molecule has 0 aliphatic carbocycles. The highest BCUT2D eigenvalue weighted by Gasteiger charge is 2.30. The van der Waals surface area contributed by atoms with E-state index in [2.05, 4.69) is 19.9 Å². The molecule has 0 saturated carbocycles. The Balaban J connectivity index is 1.51. The summed E-state index contributed by atoms with van der Waals surface area (Å²) in [7, 11) is 0. The van der Waals surface area contributed by atoms with Gasteiger partial charge in [0.2, 0.25) is 0 Å². The number of nitrogens with one attached hydrogen (secondary N) is 1. The van der Waals surface area contributed by atoms with E-state index in [0.29, 0.717) is 0 Å². The van der Waals surface area contributed by atoms with Gasteiger partial charge in [0.15, 0.2) is 10.9 Å². The van der Waals surface area contributed by atoms with E-state index in [-0.39, 0.29) is 17.6 Å². The Bertz CT molecular complexity index is 729. The van der Waals surface area contributed by atoms with Crippen molar-refractivity contribution in [1.29, 1.82) is 0 Å². The highest BCUT2D eigenvalue weighted by atomic mass is 32.2. The van der Waals surface area contributed by atoms with E-state index in [1.165, 1.54) is 12.3 Å². The summed E-state index contributed by atoms with van der Waals surface area (Å²) >= 11 is 1.81. The molecule has 0 radical (unpaired) electrons. The van der Waals surface area contributed by atoms with Gasteiger partial charge in [0.25, 0.3) is 5.91 Å². The van der Waals surface area contributed by atoms with Crippen LogP contribution in [0.2, 0.25) is 0 Å². The largest absolute Gasteiger partial charge is 0.364 e. The third-order valence-electron chi connectivity index (χ3n) is 3.72. The zero-order valence-electron chi connectivity index (χ0n) is 11.7. The first-order valence-corrected chi connectivity index (χ1v) is 8.05. The average molecular weight is 314 g/mol. The molecular formula is C15H14N4O2S. The Hall–Kier alpha value is -2.28. The normalized spacial score (nSPS) is 19.9. The number of carbonyl (C=O) groups excluding carboxylic acids is 1. The van der Waals surface area contributed by atoms with E-state index < -0.39 is 0 Å². The van der Waals surface area contributed by atoms with Gasteiger partial charge in [-0.1, -0.05) is 29.1 Å². The number of rotatable bonds is 3. The van der Waals surface area contributed by atoms with Crippen molar-refractivity contribution in [2.45, 2.75) is 6.04 Å². The van der Waals surface area contributed by atoms with Crippen molar-refractivity contribution in [3.05, 3.63) is 47.9 Å². The maximum atomic E-state index is 12.0. The molecule has 1 amide bonds. The second kappa shape index (κ2) is 5.49. The van der Waals surface area contributed by atoms with Crippen molar-refractivity contribution >= 4 is 28.5 Å². The summed E-state index contributed by atoms with van der Waals surface area (Å²) in [6.07, 6.45) is 1.38. The Morgan fingerprint density at radius 3 is 3.18 bits per heavy atom. The molecule has 2 aliphatic heterocycles. The molecule has 1 atom stereocenters. The Morgan fingerprint density at radius 2 is 2.36 bits per heavy atom. The smallest absolute Gasteiger partial charge is 0.277 e. The Labute approximate surface area is 131 Å². The van der Waals surface area contributed by atoms with Crippen LogP contribution in [0.5, 0.6) is 0 Å². The van der Waals surface area contributed by atoms with Crippen LogP contribution in [0, 0.1) is 0 Å². The van der Waals surface area contributed by atoms with E-state index in [4.69, 9.17) is 4.99 Å². The zero-order chi connectivity index (χ0) is 14.9. The molecule has 112 valence electrons. The molecule has 0 bridgehead atoms. The van der Waals surface area contributed by atoms with Crippen molar-refractivity contribution in [1.82, 2.24) is 10.1 Å². The number of hydrogen-bond donors (Lipinski definition) is 1. The minimum atomic E-state index is -0.278. The van der Waals surface area contributed by atoms with E-state index in [1.54, 1.807) is 0 Å². The van der Waals surface area contributed by atoms with Gasteiger partial charge in [-0.2, -0.15) is 0 Å². The SMILES string of the molecule is O=C(Nc1cccc(C2CN3CCSC3=N2)c1)c1ccon1. The molecule has 22 heavy (non-hydrogen) atoms. The van der Waals surface area contributed by atoms with Gasteiger partial charge in [-0.05, 0) is 17.7 Å². The molecule has 6 nitrogen and oxygen atoms in total. The number of carbonyl (C=O) groups is 1. The number of aromatic nitrogens is 1. The fourth-order valence-electron chi connectivity index (χ4n) is 2.63. The van der Waals surface area contributed by atoms with Gasteiger partial charge in [-0.15, -0.1) is 0 Å². The number of amidine groups is 1. The third kappa shape index (κ3) is 2.48. The fourth-order valence-corrected chi connectivity index (χ4v) is 3.68. The van der Waals surface area contributed by atoms with Gasteiger partial charge in [0.05, 0.1) is 6.04 Å². The quantitative estimate of drug-likeness (QED) is 0.942. The van der Waals surface area contributed by atoms with Gasteiger partial charge in [-0.3, -0.25) is 9.79 Å². The summed E-state index contributed by atoms with van der Waals surface area (Å²) in [6.45, 7) is 1.99. The molecule has 7 heteroatoms. The lowest BCUT2D eigenvalue weighted by atomic mass is 10.1. The lowest BCUT2D eigenvalue weighted by Gasteiger charge is -2.13. The molecule has 1 N–H and O–H groups in total. The highest BCUT2D eigenvalue weighted by Crippen LogP contribution is 2.33. The van der Waals surface area contributed by atoms with Crippen LogP contribution in [0.3, 0.4) is 0 Å². The van der Waals surface area contributed by atoms with Crippen LogP contribution >= 0.6 is 11.8 Å². The Kier molecular flexibility index (Phi) is 3.34. The van der Waals surface area contributed by atoms with Crippen molar-refractivity contribution in [2.24, 2.45) is 4.99 Å². The molecule has 0 spiro atoms. The second-order valence-electron chi connectivity index (χ2n) is 5.19. The number of hydrogen-bond acceptors (Lipinski definition) is 6. The van der Waals surface area contributed by atoms with Crippen LogP contribution in [0.25, 0.3) is 0 Å². The van der Waals surface area contributed by atoms with Crippen LogP contribution in [0.4, 0.5) is 5.69 Å². The van der Waals surface area contributed by atoms with E-state index in [9.17, 15) is 4.79 Å². The van der Waals surface area contributed by atoms with Crippen LogP contribution in [-0.2, 0) is 0 Å². The molecule has 1 aromatic heterocycles. The number of nitrogens with zero attached hydrogens (tertiary/aromatic N) is 3. The highest BCUT2D eigenvalue weighted by molar-refractivity contribution is 8.14. The molecule has 3 heterocycles. The van der Waals surface area contributed by atoms with Gasteiger partial charge >= 0.3 is 0 Å². The first kappa shape index (κ1) is 13.4. The van der Waals surface area contributed by atoms with Crippen LogP contribution in [0.1, 0.15) is 22.1 Å². The molecule has 2 aliphatic rings. The summed E-state index contributed by atoms with van der Waals surface area (Å²) in [4.78, 5) is 19.1. The van der Waals surface area contributed by atoms with Crippen molar-refractivity contribution in [3.8, 4) is 0 Å². The standard InChI is InChI=1S/C15H14N4O2S/c20-14(12-4-6-21-18-12)16-11-3-1-2-10(8-11)13-9-19-5-7-22-15(19)17-13/h1-4,6,8,13H,5,7,9H2,(H,16,20). The molecule has 1 aromatic carbocycles. The van der Waals surface area contributed by atoms with Gasteiger partial charge in [0.1, 0.15) is 6.26 Å². The lowest BCUT2D eigenvalue weighted by Crippen LogP contribution is -2.21. The number of benzene rings is 1. The molecular weight excluding hydrogens is 300 g/mol. The first-order chi connectivity index (χ1) is 10.8. The number of thioether (sulfide) groups is 1. The molecule has 4 rings (SSSR count). The Morgan fingerprint density at radius 1 is 1.41 bits per heavy atom. The summed E-state index contributed by atoms with van der Waals surface area (Å²) in [5.41, 5.74) is 2.12. The van der Waals surface area contributed by atoms with Gasteiger partial charge in [0, 0.05) is 30.6 Å². The maximum Gasteiger partial charge on any atom is 0.277 e. The molecule has 1 fully saturated rings. The fraction of sp³-hybridized carbons (Fsp3) is 0.267. The average Bonchev–Trinajstić information content (AvgIpc) is 3.24. The maximum absolute atomic E-state index is 12.0. The minimum Gasteiger partial charge on any atom is -0.364 e. The molecule has 1 saturated heterocycles. The summed E-state index contributed by atoms with van der Waals surface area (Å²) in [5, 5.41) is 7.60. The molecule has 1 unspecified atom stereocenters. The van der Waals surface area contributed by atoms with Crippen molar-refractivity contribution < 1.29 is 9.32 Å². The predicted molar refractivity (Wildman–Crippen MR) is 85.1 cm³/mol. The lowest BCUT2D eigenvalue weighted by molar-refractivity contribution is 0.101. The molecule has 2 aromatic rings. The topological polar surface area (TPSA) is 70.7 Å². The number of anilines is 1. The third-order valence-corrected chi connectivity index (χ3v) is 4.73. The number of amides is 1. The predicted octanol–water partition coefficient (Wildman–Crippen LogP) is 2.39. The van der Waals surface area contributed by atoms with Crippen LogP contribution in [0.15, 0.2) is 46.1 Å². The summed E-state index contributed by atoms with van der Waals surface area (Å²) in [5.74, 6) is 0.846. The number of aliphatic imine (C=N–C) groups is 1. The van der Waals surface area contributed by atoms with Crippen molar-refractivity contribution in [3.63, 3.8) is 0 Å². The monoisotopic (exact) mass is 314 g/mol. The van der Waals surface area contributed by atoms with Crippen LogP contribution < -0.4 is 5.32 Å². The number of fused-ring (bicyclic) bond motifs is 1. The van der Waals surface area contributed by atoms with Crippen LogP contribution in [-0.4, -0.2) is 40.0 Å². The van der Waals surface area contributed by atoms with Gasteiger partial charge in [-0.25, -0.2) is 0 Å². The minimum absolute atomic E-state index is 0.145. The van der Waals surface area contributed by atoms with E-state index in [1.807, 2.05) is 36.0 Å². The zero-order valence-corrected chi connectivity index (χ0v) is 12.5. The summed E-state index contributed by atoms with van der Waals surface area (Å²) < 4.78 is 4.68. The second-order valence-corrected chi connectivity index (χ2v) is 6.25. The van der Waals surface area contributed by atoms with E-state index in [0.717, 1.165) is 35.3 Å². The summed E-state index contributed by atoms with van der Waals surface area (Å²) in [6, 6.07) is 9.50. The van der Waals surface area contributed by atoms with E-state index >= 15 is 0 Å². The first-order valence-electron chi connectivity index (χ1n) is 7.07.